The lowest BCUT2D eigenvalue weighted by Crippen LogP contribution is -2.34. The fourth-order valence-corrected chi connectivity index (χ4v) is 3.55. The SMILES string of the molecule is O=C(COC(=O)c1cc(=O)c2ccccc2o1)N[C@@H]1CCCc2ccccc21. The second-order valence-corrected chi connectivity index (χ2v) is 6.76. The van der Waals surface area contributed by atoms with Crippen LogP contribution in [0.4, 0.5) is 0 Å². The lowest BCUT2D eigenvalue weighted by atomic mass is 9.88. The van der Waals surface area contributed by atoms with Crippen molar-refractivity contribution in [3.63, 3.8) is 0 Å². The topological polar surface area (TPSA) is 85.6 Å². The summed E-state index contributed by atoms with van der Waals surface area (Å²) in [4.78, 5) is 36.5. The van der Waals surface area contributed by atoms with Crippen molar-refractivity contribution in [2.75, 3.05) is 6.61 Å². The number of esters is 1. The maximum atomic E-state index is 12.3. The summed E-state index contributed by atoms with van der Waals surface area (Å²) >= 11 is 0. The molecule has 3 aromatic rings. The largest absolute Gasteiger partial charge is 0.450 e. The van der Waals surface area contributed by atoms with Crippen LogP contribution in [-0.4, -0.2) is 18.5 Å². The lowest BCUT2D eigenvalue weighted by Gasteiger charge is -2.26. The number of hydrogen-bond acceptors (Lipinski definition) is 5. The van der Waals surface area contributed by atoms with E-state index in [1.165, 1.54) is 5.56 Å². The highest BCUT2D eigenvalue weighted by Gasteiger charge is 2.22. The fraction of sp³-hybridized carbons (Fsp3) is 0.227. The van der Waals surface area contributed by atoms with Crippen molar-refractivity contribution in [2.45, 2.75) is 25.3 Å². The summed E-state index contributed by atoms with van der Waals surface area (Å²) in [6, 6.07) is 15.6. The molecule has 28 heavy (non-hydrogen) atoms. The van der Waals surface area contributed by atoms with E-state index in [1.54, 1.807) is 24.3 Å². The first-order valence-electron chi connectivity index (χ1n) is 9.19. The van der Waals surface area contributed by atoms with Crippen molar-refractivity contribution < 1.29 is 18.7 Å². The zero-order valence-electron chi connectivity index (χ0n) is 15.1. The number of benzene rings is 2. The van der Waals surface area contributed by atoms with Crippen molar-refractivity contribution >= 4 is 22.8 Å². The first-order valence-corrected chi connectivity index (χ1v) is 9.19. The summed E-state index contributed by atoms with van der Waals surface area (Å²) in [7, 11) is 0. The Bertz CT molecular complexity index is 1100. The maximum Gasteiger partial charge on any atom is 0.374 e. The number of carbonyl (C=O) groups is 2. The second-order valence-electron chi connectivity index (χ2n) is 6.76. The minimum atomic E-state index is -0.845. The summed E-state index contributed by atoms with van der Waals surface area (Å²) < 4.78 is 10.5. The highest BCUT2D eigenvalue weighted by Crippen LogP contribution is 2.29. The average molecular weight is 377 g/mol. The highest BCUT2D eigenvalue weighted by molar-refractivity contribution is 5.90. The van der Waals surface area contributed by atoms with Crippen LogP contribution in [0.25, 0.3) is 11.0 Å². The smallest absolute Gasteiger partial charge is 0.374 e. The van der Waals surface area contributed by atoms with Gasteiger partial charge in [0.2, 0.25) is 5.76 Å². The zero-order chi connectivity index (χ0) is 19.5. The summed E-state index contributed by atoms with van der Waals surface area (Å²) in [5.74, 6) is -1.46. The molecule has 0 bridgehead atoms. The van der Waals surface area contributed by atoms with E-state index in [-0.39, 0.29) is 17.2 Å². The third-order valence-electron chi connectivity index (χ3n) is 4.87. The van der Waals surface area contributed by atoms with Crippen LogP contribution in [0.5, 0.6) is 0 Å². The first-order chi connectivity index (χ1) is 13.6. The van der Waals surface area contributed by atoms with Gasteiger partial charge in [0.15, 0.2) is 12.0 Å². The Balaban J connectivity index is 1.40. The van der Waals surface area contributed by atoms with E-state index in [0.717, 1.165) is 30.9 Å². The quantitative estimate of drug-likeness (QED) is 0.706. The molecule has 1 aliphatic carbocycles. The molecule has 0 fully saturated rings. The standard InChI is InChI=1S/C22H19NO5/c24-18-12-20(28-19-11-4-3-9-16(18)19)22(26)27-13-21(25)23-17-10-5-7-14-6-1-2-8-15(14)17/h1-4,6,8-9,11-12,17H,5,7,10,13H2,(H,23,25)/t17-/m1/s1. The van der Waals surface area contributed by atoms with Crippen LogP contribution in [0.3, 0.4) is 0 Å². The number of para-hydroxylation sites is 1. The minimum Gasteiger partial charge on any atom is -0.450 e. The van der Waals surface area contributed by atoms with Crippen molar-refractivity contribution in [1.29, 1.82) is 0 Å². The molecule has 1 aromatic heterocycles. The Hall–Kier alpha value is -3.41. The summed E-state index contributed by atoms with van der Waals surface area (Å²) in [6.07, 6.45) is 2.83. The van der Waals surface area contributed by atoms with Gasteiger partial charge in [-0.15, -0.1) is 0 Å². The molecule has 0 saturated heterocycles. The molecule has 1 amide bonds. The van der Waals surface area contributed by atoms with Crippen LogP contribution in [-0.2, 0) is 16.0 Å². The molecule has 6 nitrogen and oxygen atoms in total. The van der Waals surface area contributed by atoms with Crippen LogP contribution in [0.2, 0.25) is 0 Å². The number of amides is 1. The van der Waals surface area contributed by atoms with E-state index in [2.05, 4.69) is 11.4 Å². The molecule has 0 saturated carbocycles. The lowest BCUT2D eigenvalue weighted by molar-refractivity contribution is -0.125. The van der Waals surface area contributed by atoms with Crippen molar-refractivity contribution in [3.05, 3.63) is 81.7 Å². The molecule has 1 aliphatic rings. The van der Waals surface area contributed by atoms with E-state index < -0.39 is 18.5 Å². The van der Waals surface area contributed by atoms with Gasteiger partial charge in [0.1, 0.15) is 5.58 Å². The number of aryl methyl sites for hydroxylation is 1. The molecule has 1 heterocycles. The number of carbonyl (C=O) groups excluding carboxylic acids is 2. The monoisotopic (exact) mass is 377 g/mol. The van der Waals surface area contributed by atoms with Crippen molar-refractivity contribution in [2.24, 2.45) is 0 Å². The number of rotatable bonds is 4. The van der Waals surface area contributed by atoms with E-state index in [4.69, 9.17) is 9.15 Å². The van der Waals surface area contributed by atoms with E-state index in [1.807, 2.05) is 18.2 Å². The zero-order valence-corrected chi connectivity index (χ0v) is 15.1. The summed E-state index contributed by atoms with van der Waals surface area (Å²) in [5, 5.41) is 3.30. The average Bonchev–Trinajstić information content (AvgIpc) is 2.72. The van der Waals surface area contributed by atoms with Crippen LogP contribution < -0.4 is 10.7 Å². The summed E-state index contributed by atoms with van der Waals surface area (Å²) in [5.41, 5.74) is 2.30. The number of nitrogens with one attached hydrogen (secondary N) is 1. The van der Waals surface area contributed by atoms with Crippen LogP contribution in [0, 0.1) is 0 Å². The van der Waals surface area contributed by atoms with E-state index in [9.17, 15) is 14.4 Å². The Kier molecular flexibility index (Phi) is 4.93. The molecule has 4 rings (SSSR count). The van der Waals surface area contributed by atoms with Gasteiger partial charge in [-0.05, 0) is 42.5 Å². The Morgan fingerprint density at radius 3 is 2.79 bits per heavy atom. The van der Waals surface area contributed by atoms with Gasteiger partial charge >= 0.3 is 5.97 Å². The third kappa shape index (κ3) is 3.67. The minimum absolute atomic E-state index is 0.0882. The van der Waals surface area contributed by atoms with Crippen LogP contribution >= 0.6 is 0 Å². The van der Waals surface area contributed by atoms with Crippen molar-refractivity contribution in [1.82, 2.24) is 5.32 Å². The predicted molar refractivity (Wildman–Crippen MR) is 103 cm³/mol. The van der Waals surface area contributed by atoms with Gasteiger partial charge in [0.25, 0.3) is 5.91 Å². The van der Waals surface area contributed by atoms with Gasteiger partial charge in [-0.25, -0.2) is 4.79 Å². The van der Waals surface area contributed by atoms with Gasteiger partial charge in [-0.2, -0.15) is 0 Å². The molecule has 0 unspecified atom stereocenters. The maximum absolute atomic E-state index is 12.3. The Morgan fingerprint density at radius 2 is 1.89 bits per heavy atom. The van der Waals surface area contributed by atoms with E-state index >= 15 is 0 Å². The highest BCUT2D eigenvalue weighted by atomic mass is 16.5. The number of hydrogen-bond donors (Lipinski definition) is 1. The van der Waals surface area contributed by atoms with Gasteiger partial charge in [-0.1, -0.05) is 36.4 Å². The fourth-order valence-electron chi connectivity index (χ4n) is 3.55. The molecule has 2 aromatic carbocycles. The predicted octanol–water partition coefficient (Wildman–Crippen LogP) is 3.14. The molecule has 6 heteroatoms. The Morgan fingerprint density at radius 1 is 1.11 bits per heavy atom. The normalized spacial score (nSPS) is 15.6. The van der Waals surface area contributed by atoms with E-state index in [0.29, 0.717) is 11.0 Å². The molecule has 1 atom stereocenters. The molecule has 0 spiro atoms. The number of fused-ring (bicyclic) bond motifs is 2. The third-order valence-corrected chi connectivity index (χ3v) is 4.87. The Labute approximate surface area is 161 Å². The number of ether oxygens (including phenoxy) is 1. The van der Waals surface area contributed by atoms with Gasteiger partial charge < -0.3 is 14.5 Å². The van der Waals surface area contributed by atoms with Gasteiger partial charge in [0, 0.05) is 6.07 Å². The molecule has 0 aliphatic heterocycles. The second kappa shape index (κ2) is 7.68. The summed E-state index contributed by atoms with van der Waals surface area (Å²) in [6.45, 7) is -0.436. The molecule has 1 N–H and O–H groups in total. The molecule has 142 valence electrons. The van der Waals surface area contributed by atoms with Crippen LogP contribution in [0.1, 0.15) is 40.6 Å². The van der Waals surface area contributed by atoms with Crippen LogP contribution in [0.15, 0.2) is 63.8 Å². The van der Waals surface area contributed by atoms with Crippen molar-refractivity contribution in [3.8, 4) is 0 Å². The molecular weight excluding hydrogens is 358 g/mol. The molecule has 0 radical (unpaired) electrons. The van der Waals surface area contributed by atoms with Gasteiger partial charge in [-0.3, -0.25) is 9.59 Å². The van der Waals surface area contributed by atoms with Gasteiger partial charge in [0.05, 0.1) is 11.4 Å². The first kappa shape index (κ1) is 18.0. The molecular formula is C22H19NO5.